The van der Waals surface area contributed by atoms with Crippen LogP contribution in [0.1, 0.15) is 29.6 Å². The number of carboxylic acid groups (broad SMARTS) is 1. The molecule has 0 fully saturated rings. The van der Waals surface area contributed by atoms with Crippen LogP contribution in [0.15, 0.2) is 4.79 Å². The van der Waals surface area contributed by atoms with Crippen molar-refractivity contribution in [3.05, 3.63) is 26.6 Å². The molecule has 0 aliphatic carbocycles. The molecule has 1 amide bonds. The zero-order valence-electron chi connectivity index (χ0n) is 14.6. The monoisotopic (exact) mass is 383 g/mol. The maximum Gasteiger partial charge on any atom is 0.305 e. The number of fused-ring (bicyclic) bond motifs is 1. The third-order valence-corrected chi connectivity index (χ3v) is 6.19. The molecule has 1 unspecified atom stereocenters. The number of aryl methyl sites for hydroxylation is 2. The van der Waals surface area contributed by atoms with E-state index in [9.17, 15) is 14.4 Å². The predicted octanol–water partition coefficient (Wildman–Crippen LogP) is 2.16. The van der Waals surface area contributed by atoms with E-state index >= 15 is 0 Å². The van der Waals surface area contributed by atoms with E-state index in [1.165, 1.54) is 28.0 Å². The van der Waals surface area contributed by atoms with E-state index in [2.05, 4.69) is 9.97 Å². The van der Waals surface area contributed by atoms with Gasteiger partial charge in [0, 0.05) is 18.5 Å². The van der Waals surface area contributed by atoms with E-state index in [0.29, 0.717) is 21.8 Å². The largest absolute Gasteiger partial charge is 0.481 e. The Morgan fingerprint density at radius 1 is 1.40 bits per heavy atom. The number of H-pyrrole nitrogens is 1. The lowest BCUT2D eigenvalue weighted by Crippen LogP contribution is -2.34. The van der Waals surface area contributed by atoms with Crippen LogP contribution in [0.2, 0.25) is 0 Å². The minimum atomic E-state index is -0.934. The van der Waals surface area contributed by atoms with Gasteiger partial charge < -0.3 is 15.0 Å². The van der Waals surface area contributed by atoms with Crippen LogP contribution in [-0.4, -0.2) is 50.7 Å². The van der Waals surface area contributed by atoms with Crippen LogP contribution in [0.3, 0.4) is 0 Å². The number of hydrogen-bond acceptors (Lipinski definition) is 6. The molecule has 0 radical (unpaired) electrons. The van der Waals surface area contributed by atoms with Gasteiger partial charge in [-0.3, -0.25) is 14.4 Å². The third-order valence-electron chi connectivity index (χ3n) is 3.94. The van der Waals surface area contributed by atoms with Gasteiger partial charge in [-0.1, -0.05) is 0 Å². The molecule has 2 heterocycles. The highest BCUT2D eigenvalue weighted by atomic mass is 32.2. The van der Waals surface area contributed by atoms with Crippen LogP contribution < -0.4 is 5.56 Å². The molecule has 0 aromatic carbocycles. The number of aromatic nitrogens is 2. The summed E-state index contributed by atoms with van der Waals surface area (Å²) >= 11 is 2.85. The van der Waals surface area contributed by atoms with E-state index in [4.69, 9.17) is 5.11 Å². The molecule has 136 valence electrons. The van der Waals surface area contributed by atoms with Gasteiger partial charge in [0.15, 0.2) is 0 Å². The van der Waals surface area contributed by atoms with E-state index in [1.807, 2.05) is 13.8 Å². The molecule has 0 saturated heterocycles. The second kappa shape index (κ2) is 8.01. The zero-order valence-corrected chi connectivity index (χ0v) is 16.2. The maximum absolute atomic E-state index is 12.2. The Labute approximate surface area is 153 Å². The smallest absolute Gasteiger partial charge is 0.305 e. The summed E-state index contributed by atoms with van der Waals surface area (Å²) in [6.07, 6.45) is -0.0811. The summed E-state index contributed by atoms with van der Waals surface area (Å²) in [7, 11) is 1.59. The molecule has 2 aromatic heterocycles. The van der Waals surface area contributed by atoms with Crippen LogP contribution in [0.25, 0.3) is 10.2 Å². The number of hydrogen-bond donors (Lipinski definition) is 2. The average Bonchev–Trinajstić information content (AvgIpc) is 2.84. The van der Waals surface area contributed by atoms with Crippen LogP contribution in [0, 0.1) is 13.8 Å². The fourth-order valence-electron chi connectivity index (χ4n) is 2.33. The molecular weight excluding hydrogens is 362 g/mol. The van der Waals surface area contributed by atoms with Gasteiger partial charge in [0.25, 0.3) is 5.56 Å². The van der Waals surface area contributed by atoms with Crippen molar-refractivity contribution >= 4 is 45.2 Å². The first-order valence-electron chi connectivity index (χ1n) is 7.78. The predicted molar refractivity (Wildman–Crippen MR) is 100 cm³/mol. The highest BCUT2D eigenvalue weighted by Gasteiger charge is 2.19. The summed E-state index contributed by atoms with van der Waals surface area (Å²) < 4.78 is 0. The lowest BCUT2D eigenvalue weighted by molar-refractivity contribution is -0.138. The highest BCUT2D eigenvalue weighted by Crippen LogP contribution is 2.26. The molecule has 0 aliphatic heterocycles. The number of aromatic amines is 1. The molecule has 0 aliphatic rings. The van der Waals surface area contributed by atoms with Gasteiger partial charge in [0.05, 0.1) is 22.8 Å². The molecule has 2 N–H and O–H groups in total. The minimum Gasteiger partial charge on any atom is -0.481 e. The standard InChI is InChI=1S/C16H21N3O4S2/c1-8-9(2)25-15-13(8)14(22)17-11(18-15)7-24-10(3)16(23)19(4)6-5-12(20)21/h10H,5-7H2,1-4H3,(H,20,21)(H,17,18,22). The van der Waals surface area contributed by atoms with Gasteiger partial charge in [-0.25, -0.2) is 4.98 Å². The van der Waals surface area contributed by atoms with Gasteiger partial charge in [0.1, 0.15) is 10.7 Å². The van der Waals surface area contributed by atoms with Crippen molar-refractivity contribution in [2.75, 3.05) is 13.6 Å². The Bertz CT molecular complexity index is 859. The summed E-state index contributed by atoms with van der Waals surface area (Å²) in [6.45, 7) is 5.81. The molecule has 25 heavy (non-hydrogen) atoms. The Kier molecular flexibility index (Phi) is 6.23. The Morgan fingerprint density at radius 3 is 2.72 bits per heavy atom. The van der Waals surface area contributed by atoms with Gasteiger partial charge in [-0.2, -0.15) is 0 Å². The third kappa shape index (κ3) is 4.60. The summed E-state index contributed by atoms with van der Waals surface area (Å²) in [5.74, 6) is -0.133. The summed E-state index contributed by atoms with van der Waals surface area (Å²) in [4.78, 5) is 45.5. The van der Waals surface area contributed by atoms with Gasteiger partial charge in [-0.15, -0.1) is 23.1 Å². The lowest BCUT2D eigenvalue weighted by Gasteiger charge is -2.20. The van der Waals surface area contributed by atoms with E-state index < -0.39 is 5.97 Å². The second-order valence-electron chi connectivity index (χ2n) is 5.83. The van der Waals surface area contributed by atoms with Crippen LogP contribution >= 0.6 is 23.1 Å². The number of carbonyl (C=O) groups is 2. The summed E-state index contributed by atoms with van der Waals surface area (Å²) in [6, 6.07) is 0. The SMILES string of the molecule is Cc1sc2nc(CSC(C)C(=O)N(C)CCC(=O)O)[nH]c(=O)c2c1C. The quantitative estimate of drug-likeness (QED) is 0.759. The first-order valence-corrected chi connectivity index (χ1v) is 9.64. The molecule has 7 nitrogen and oxygen atoms in total. The number of thioether (sulfide) groups is 1. The maximum atomic E-state index is 12.2. The molecule has 1 atom stereocenters. The zero-order chi connectivity index (χ0) is 18.7. The molecule has 2 aromatic rings. The second-order valence-corrected chi connectivity index (χ2v) is 8.37. The Hall–Kier alpha value is -1.87. The molecule has 0 spiro atoms. The van der Waals surface area contributed by atoms with Crippen molar-refractivity contribution < 1.29 is 14.7 Å². The molecule has 0 bridgehead atoms. The van der Waals surface area contributed by atoms with Crippen molar-refractivity contribution in [2.24, 2.45) is 0 Å². The lowest BCUT2D eigenvalue weighted by atomic mass is 10.2. The van der Waals surface area contributed by atoms with Crippen LogP contribution in [-0.2, 0) is 15.3 Å². The van der Waals surface area contributed by atoms with E-state index in [1.54, 1.807) is 14.0 Å². The molecule has 2 rings (SSSR count). The number of rotatable bonds is 7. The fourth-order valence-corrected chi connectivity index (χ4v) is 4.24. The number of carboxylic acids is 1. The molecular formula is C16H21N3O4S2. The highest BCUT2D eigenvalue weighted by molar-refractivity contribution is 7.99. The number of amides is 1. The van der Waals surface area contributed by atoms with Crippen molar-refractivity contribution in [2.45, 2.75) is 38.2 Å². The van der Waals surface area contributed by atoms with Crippen molar-refractivity contribution in [3.8, 4) is 0 Å². The first kappa shape index (κ1) is 19.5. The Morgan fingerprint density at radius 2 is 2.08 bits per heavy atom. The number of aliphatic carboxylic acids is 1. The van der Waals surface area contributed by atoms with Gasteiger partial charge in [-0.05, 0) is 26.3 Å². The summed E-state index contributed by atoms with van der Waals surface area (Å²) in [5.41, 5.74) is 0.802. The van der Waals surface area contributed by atoms with E-state index in [-0.39, 0.29) is 29.7 Å². The number of nitrogens with one attached hydrogen (secondary N) is 1. The van der Waals surface area contributed by atoms with Crippen LogP contribution in [0.4, 0.5) is 0 Å². The van der Waals surface area contributed by atoms with Gasteiger partial charge in [0.2, 0.25) is 5.91 Å². The fraction of sp³-hybridized carbons (Fsp3) is 0.500. The molecule has 9 heteroatoms. The van der Waals surface area contributed by atoms with Crippen molar-refractivity contribution in [1.82, 2.24) is 14.9 Å². The van der Waals surface area contributed by atoms with Crippen LogP contribution in [0.5, 0.6) is 0 Å². The summed E-state index contributed by atoms with van der Waals surface area (Å²) in [5, 5.41) is 8.96. The topological polar surface area (TPSA) is 103 Å². The van der Waals surface area contributed by atoms with E-state index in [0.717, 1.165) is 10.4 Å². The normalized spacial score (nSPS) is 12.3. The minimum absolute atomic E-state index is 0.0811. The van der Waals surface area contributed by atoms with Gasteiger partial charge >= 0.3 is 5.97 Å². The molecule has 0 saturated carbocycles. The Balaban J connectivity index is 2.03. The van der Waals surface area contributed by atoms with Crippen molar-refractivity contribution in [1.29, 1.82) is 0 Å². The van der Waals surface area contributed by atoms with Crippen molar-refractivity contribution in [3.63, 3.8) is 0 Å². The number of thiophene rings is 1. The number of nitrogens with zero attached hydrogens (tertiary/aromatic N) is 2. The number of carbonyl (C=O) groups excluding carboxylic acids is 1. The first-order chi connectivity index (χ1) is 11.7. The average molecular weight is 383 g/mol.